The lowest BCUT2D eigenvalue weighted by Gasteiger charge is -2.05. The molecule has 0 fully saturated rings. The van der Waals surface area contributed by atoms with Crippen molar-refractivity contribution in [3.05, 3.63) is 21.0 Å². The second-order valence-corrected chi connectivity index (χ2v) is 3.26. The summed E-state index contributed by atoms with van der Waals surface area (Å²) in [5, 5.41) is 9.19. The van der Waals surface area contributed by atoms with E-state index in [0.29, 0.717) is 6.29 Å². The summed E-state index contributed by atoms with van der Waals surface area (Å²) in [6, 6.07) is 0. The lowest BCUT2D eigenvalue weighted by Crippen LogP contribution is -1.96. The van der Waals surface area contributed by atoms with Crippen molar-refractivity contribution in [3.8, 4) is 5.75 Å². The molecular formula is C7H4F2INO2. The van der Waals surface area contributed by atoms with E-state index in [4.69, 9.17) is 0 Å². The molecule has 0 aliphatic carbocycles. The monoisotopic (exact) mass is 299 g/mol. The van der Waals surface area contributed by atoms with Gasteiger partial charge < -0.3 is 5.11 Å². The Morgan fingerprint density at radius 3 is 2.69 bits per heavy atom. The van der Waals surface area contributed by atoms with Gasteiger partial charge in [0.05, 0.1) is 9.13 Å². The van der Waals surface area contributed by atoms with E-state index in [1.807, 2.05) is 0 Å². The van der Waals surface area contributed by atoms with Crippen molar-refractivity contribution in [3.63, 3.8) is 0 Å². The Labute approximate surface area is 85.9 Å². The lowest BCUT2D eigenvalue weighted by atomic mass is 10.2. The normalized spacial score (nSPS) is 10.5. The quantitative estimate of drug-likeness (QED) is 0.672. The molecular weight excluding hydrogens is 295 g/mol. The number of aldehydes is 1. The topological polar surface area (TPSA) is 50.2 Å². The maximum atomic E-state index is 12.2. The number of rotatable bonds is 2. The zero-order valence-corrected chi connectivity index (χ0v) is 8.33. The summed E-state index contributed by atoms with van der Waals surface area (Å²) in [7, 11) is 0. The van der Waals surface area contributed by atoms with Crippen LogP contribution in [0.3, 0.4) is 0 Å². The highest BCUT2D eigenvalue weighted by Gasteiger charge is 2.17. The molecule has 1 aromatic heterocycles. The third kappa shape index (κ3) is 1.93. The molecule has 0 spiro atoms. The van der Waals surface area contributed by atoms with E-state index in [2.05, 4.69) is 4.98 Å². The Bertz CT molecular complexity index is 344. The highest BCUT2D eigenvalue weighted by Crippen LogP contribution is 2.30. The molecule has 0 atom stereocenters. The van der Waals surface area contributed by atoms with Crippen LogP contribution in [0.1, 0.15) is 22.5 Å². The van der Waals surface area contributed by atoms with E-state index in [9.17, 15) is 18.7 Å². The van der Waals surface area contributed by atoms with Crippen LogP contribution < -0.4 is 0 Å². The number of nitrogens with zero attached hydrogens (tertiary/aromatic N) is 1. The van der Waals surface area contributed by atoms with Crippen molar-refractivity contribution >= 4 is 28.9 Å². The minimum absolute atomic E-state index is 0.0373. The third-order valence-electron chi connectivity index (χ3n) is 1.39. The first-order valence-electron chi connectivity index (χ1n) is 3.18. The number of alkyl halides is 2. The minimum Gasteiger partial charge on any atom is -0.505 e. The molecule has 6 heteroatoms. The van der Waals surface area contributed by atoms with Gasteiger partial charge in [0.1, 0.15) is 5.69 Å². The average molecular weight is 299 g/mol. The fraction of sp³-hybridized carbons (Fsp3) is 0.143. The Kier molecular flexibility index (Phi) is 3.12. The molecule has 1 rings (SSSR count). The molecule has 0 amide bonds. The number of hydrogen-bond donors (Lipinski definition) is 1. The van der Waals surface area contributed by atoms with E-state index < -0.39 is 12.2 Å². The van der Waals surface area contributed by atoms with E-state index in [-0.39, 0.29) is 14.8 Å². The number of pyridine rings is 1. The summed E-state index contributed by atoms with van der Waals surface area (Å²) in [4.78, 5) is 13.6. The van der Waals surface area contributed by atoms with Crippen LogP contribution in [0.2, 0.25) is 0 Å². The van der Waals surface area contributed by atoms with Crippen molar-refractivity contribution in [2.75, 3.05) is 0 Å². The molecule has 13 heavy (non-hydrogen) atoms. The molecule has 1 aromatic rings. The van der Waals surface area contributed by atoms with Gasteiger partial charge in [-0.1, -0.05) is 0 Å². The number of carbonyl (C=O) groups excluding carboxylic acids is 1. The van der Waals surface area contributed by atoms with E-state index in [1.165, 1.54) is 0 Å². The van der Waals surface area contributed by atoms with Crippen LogP contribution in [0.25, 0.3) is 0 Å². The van der Waals surface area contributed by atoms with Gasteiger partial charge in [-0.15, -0.1) is 0 Å². The summed E-state index contributed by atoms with van der Waals surface area (Å²) >= 11 is 1.54. The predicted octanol–water partition coefficient (Wildman–Crippen LogP) is 2.14. The van der Waals surface area contributed by atoms with Gasteiger partial charge in [0.2, 0.25) is 0 Å². The standard InChI is InChI=1S/C7H4F2INO2/c8-7(9)3-1-11-4(2-12)6(13)5(3)10/h1-2,7,13H. The van der Waals surface area contributed by atoms with Gasteiger partial charge in [-0.3, -0.25) is 4.79 Å². The van der Waals surface area contributed by atoms with Crippen LogP contribution in [-0.4, -0.2) is 16.4 Å². The Balaban J connectivity index is 3.31. The highest BCUT2D eigenvalue weighted by molar-refractivity contribution is 14.1. The molecule has 0 bridgehead atoms. The lowest BCUT2D eigenvalue weighted by molar-refractivity contribution is 0.111. The van der Waals surface area contributed by atoms with Crippen LogP contribution in [-0.2, 0) is 0 Å². The number of carbonyl (C=O) groups is 1. The molecule has 3 nitrogen and oxygen atoms in total. The van der Waals surface area contributed by atoms with Gasteiger partial charge in [-0.2, -0.15) is 0 Å². The summed E-state index contributed by atoms with van der Waals surface area (Å²) in [6.07, 6.45) is -1.51. The molecule has 0 aliphatic heterocycles. The maximum absolute atomic E-state index is 12.2. The zero-order chi connectivity index (χ0) is 10.0. The van der Waals surface area contributed by atoms with Crippen molar-refractivity contribution in [1.82, 2.24) is 4.98 Å². The van der Waals surface area contributed by atoms with Crippen LogP contribution in [0.4, 0.5) is 8.78 Å². The number of aromatic nitrogens is 1. The van der Waals surface area contributed by atoms with Gasteiger partial charge >= 0.3 is 0 Å². The maximum Gasteiger partial charge on any atom is 0.266 e. The molecule has 70 valence electrons. The van der Waals surface area contributed by atoms with E-state index >= 15 is 0 Å². The second-order valence-electron chi connectivity index (χ2n) is 2.18. The van der Waals surface area contributed by atoms with Gasteiger partial charge in [0.25, 0.3) is 6.43 Å². The zero-order valence-electron chi connectivity index (χ0n) is 6.17. The van der Waals surface area contributed by atoms with Crippen molar-refractivity contribution < 1.29 is 18.7 Å². The summed E-state index contributed by atoms with van der Waals surface area (Å²) in [5.74, 6) is -0.492. The van der Waals surface area contributed by atoms with Gasteiger partial charge in [0, 0.05) is 6.20 Å². The predicted molar refractivity (Wildman–Crippen MR) is 49.0 cm³/mol. The Morgan fingerprint density at radius 2 is 2.23 bits per heavy atom. The molecule has 0 radical (unpaired) electrons. The van der Waals surface area contributed by atoms with Crippen LogP contribution in [0, 0.1) is 3.57 Å². The molecule has 0 saturated heterocycles. The third-order valence-corrected chi connectivity index (χ3v) is 2.53. The van der Waals surface area contributed by atoms with Crippen LogP contribution in [0.15, 0.2) is 6.20 Å². The molecule has 0 aromatic carbocycles. The molecule has 1 N–H and O–H groups in total. The first-order valence-corrected chi connectivity index (χ1v) is 4.26. The molecule has 0 unspecified atom stereocenters. The smallest absolute Gasteiger partial charge is 0.266 e. The SMILES string of the molecule is O=Cc1ncc(C(F)F)c(I)c1O. The van der Waals surface area contributed by atoms with Crippen molar-refractivity contribution in [2.45, 2.75) is 6.43 Å². The number of hydrogen-bond acceptors (Lipinski definition) is 3. The van der Waals surface area contributed by atoms with Crippen LogP contribution in [0.5, 0.6) is 5.75 Å². The molecule has 0 aliphatic rings. The number of halogens is 3. The van der Waals surface area contributed by atoms with E-state index in [0.717, 1.165) is 6.20 Å². The Morgan fingerprint density at radius 1 is 1.62 bits per heavy atom. The minimum atomic E-state index is -2.70. The fourth-order valence-corrected chi connectivity index (χ4v) is 1.40. The summed E-state index contributed by atoms with van der Waals surface area (Å²) in [5.41, 5.74) is -0.600. The van der Waals surface area contributed by atoms with Crippen molar-refractivity contribution in [2.24, 2.45) is 0 Å². The summed E-state index contributed by atoms with van der Waals surface area (Å²) < 4.78 is 24.4. The largest absolute Gasteiger partial charge is 0.505 e. The first kappa shape index (κ1) is 10.3. The van der Waals surface area contributed by atoms with Gasteiger partial charge in [-0.05, 0) is 22.6 Å². The van der Waals surface area contributed by atoms with E-state index in [1.54, 1.807) is 22.6 Å². The number of aromatic hydroxyl groups is 1. The molecule has 0 saturated carbocycles. The fourth-order valence-electron chi connectivity index (χ4n) is 0.744. The first-order chi connectivity index (χ1) is 6.07. The van der Waals surface area contributed by atoms with Crippen LogP contribution >= 0.6 is 22.6 Å². The summed E-state index contributed by atoms with van der Waals surface area (Å²) in [6.45, 7) is 0. The van der Waals surface area contributed by atoms with Gasteiger partial charge in [-0.25, -0.2) is 13.8 Å². The highest BCUT2D eigenvalue weighted by atomic mass is 127. The average Bonchev–Trinajstić information content (AvgIpc) is 2.09. The van der Waals surface area contributed by atoms with Crippen molar-refractivity contribution in [1.29, 1.82) is 0 Å². The van der Waals surface area contributed by atoms with Gasteiger partial charge in [0.15, 0.2) is 12.0 Å². The Hall–Kier alpha value is -0.790. The molecule has 1 heterocycles. The second kappa shape index (κ2) is 3.95.